The van der Waals surface area contributed by atoms with E-state index >= 15 is 0 Å². The van der Waals surface area contributed by atoms with Crippen molar-refractivity contribution >= 4 is 23.0 Å². The first kappa shape index (κ1) is 25.9. The Hall–Kier alpha value is -3.13. The van der Waals surface area contributed by atoms with E-state index in [4.69, 9.17) is 4.74 Å². The van der Waals surface area contributed by atoms with Gasteiger partial charge in [0.15, 0.2) is 0 Å². The molecular formula is C28H38N4O4. The highest BCUT2D eigenvalue weighted by atomic mass is 16.6. The van der Waals surface area contributed by atoms with Crippen LogP contribution in [0, 0.1) is 24.0 Å². The average Bonchev–Trinajstić information content (AvgIpc) is 2.85. The molecule has 8 heteroatoms. The molecule has 2 aromatic rings. The molecule has 36 heavy (non-hydrogen) atoms. The number of aryl methyl sites for hydroxylation is 2. The quantitative estimate of drug-likeness (QED) is 0.427. The van der Waals surface area contributed by atoms with Crippen molar-refractivity contribution in [3.05, 3.63) is 63.7 Å². The molecule has 1 aliphatic heterocycles. The fourth-order valence-corrected chi connectivity index (χ4v) is 5.40. The molecule has 0 spiro atoms. The zero-order valence-electron chi connectivity index (χ0n) is 21.8. The van der Waals surface area contributed by atoms with Gasteiger partial charge in [-0.15, -0.1) is 0 Å². The smallest absolute Gasteiger partial charge is 0.272 e. The minimum absolute atomic E-state index is 0.0690. The normalized spacial score (nSPS) is 24.4. The van der Waals surface area contributed by atoms with Crippen LogP contribution in [0.4, 0.5) is 17.1 Å². The number of anilines is 2. The van der Waals surface area contributed by atoms with Gasteiger partial charge >= 0.3 is 0 Å². The van der Waals surface area contributed by atoms with Crippen molar-refractivity contribution in [2.24, 2.45) is 0 Å². The molecule has 0 radical (unpaired) electrons. The van der Waals surface area contributed by atoms with Crippen molar-refractivity contribution in [2.75, 3.05) is 29.9 Å². The van der Waals surface area contributed by atoms with Crippen molar-refractivity contribution in [3.63, 3.8) is 0 Å². The topological polar surface area (TPSA) is 88.0 Å². The fraction of sp³-hybridized carbons (Fsp3) is 0.536. The number of piperazine rings is 1. The maximum atomic E-state index is 13.0. The summed E-state index contributed by atoms with van der Waals surface area (Å²) in [5.41, 5.74) is 4.16. The number of nitro benzene ring substituents is 1. The average molecular weight is 495 g/mol. The molecule has 8 nitrogen and oxygen atoms in total. The van der Waals surface area contributed by atoms with Crippen LogP contribution in [0.25, 0.3) is 0 Å². The van der Waals surface area contributed by atoms with Gasteiger partial charge in [-0.25, -0.2) is 0 Å². The second-order valence-electron chi connectivity index (χ2n) is 10.4. The summed E-state index contributed by atoms with van der Waals surface area (Å²) in [6, 6.07) is 14.4. The lowest BCUT2D eigenvalue weighted by molar-refractivity contribution is -0.385. The molecule has 0 bridgehead atoms. The van der Waals surface area contributed by atoms with Gasteiger partial charge in [0.2, 0.25) is 5.91 Å². The molecule has 1 heterocycles. The summed E-state index contributed by atoms with van der Waals surface area (Å²) < 4.78 is 6.06. The number of carbonyl (C=O) groups is 1. The molecule has 194 valence electrons. The Labute approximate surface area is 213 Å². The zero-order valence-corrected chi connectivity index (χ0v) is 21.8. The predicted molar refractivity (Wildman–Crippen MR) is 143 cm³/mol. The molecule has 2 atom stereocenters. The minimum atomic E-state index is -0.353. The van der Waals surface area contributed by atoms with E-state index in [1.807, 2.05) is 11.0 Å². The van der Waals surface area contributed by atoms with Gasteiger partial charge in [0.25, 0.3) is 5.69 Å². The van der Waals surface area contributed by atoms with E-state index in [0.29, 0.717) is 18.2 Å². The van der Waals surface area contributed by atoms with Crippen LogP contribution in [0.3, 0.4) is 0 Å². The van der Waals surface area contributed by atoms with E-state index < -0.39 is 0 Å². The van der Waals surface area contributed by atoms with Crippen LogP contribution >= 0.6 is 0 Å². The third-order valence-corrected chi connectivity index (χ3v) is 7.55. The molecular weight excluding hydrogens is 456 g/mol. The maximum absolute atomic E-state index is 13.0. The largest absolute Gasteiger partial charge is 0.382 e. The number of ether oxygens (including phenoxy) is 1. The van der Waals surface area contributed by atoms with Crippen molar-refractivity contribution in [1.29, 1.82) is 0 Å². The SMILES string of the molecule is Cc1ccc(N2C[C@H](C)N(C(=O)COC3CCC(Nc4ccc([N+](=O)[O-])c(C)c4)CC3)C[C@H]2C)cc1. The minimum Gasteiger partial charge on any atom is -0.382 e. The molecule has 2 aliphatic rings. The van der Waals surface area contributed by atoms with Crippen LogP contribution in [0.2, 0.25) is 0 Å². The first-order valence-corrected chi connectivity index (χ1v) is 13.0. The number of nitro groups is 1. The molecule has 1 amide bonds. The standard InChI is InChI=1S/C28H38N4O4/c1-19-5-10-25(11-6-19)30-16-22(4)31(17-21(30)3)28(33)18-36-26-12-7-23(8-13-26)29-24-9-14-27(32(34)35)20(2)15-24/h5-6,9-11,14-15,21-23,26,29H,7-8,12-13,16-18H2,1-4H3/t21-,22+,23?,26?/m1/s1. The summed E-state index contributed by atoms with van der Waals surface area (Å²) in [6.45, 7) is 9.78. The van der Waals surface area contributed by atoms with E-state index in [0.717, 1.165) is 37.9 Å². The van der Waals surface area contributed by atoms with Gasteiger partial charge in [-0.3, -0.25) is 14.9 Å². The number of carbonyl (C=O) groups excluding carboxylic acids is 1. The first-order valence-electron chi connectivity index (χ1n) is 13.0. The Morgan fingerprint density at radius 3 is 2.36 bits per heavy atom. The molecule has 1 N–H and O–H groups in total. The Morgan fingerprint density at radius 2 is 1.72 bits per heavy atom. The van der Waals surface area contributed by atoms with Crippen molar-refractivity contribution < 1.29 is 14.5 Å². The Bertz CT molecular complexity index is 1070. The lowest BCUT2D eigenvalue weighted by Gasteiger charge is -2.45. The van der Waals surface area contributed by atoms with E-state index in [2.05, 4.69) is 55.3 Å². The highest BCUT2D eigenvalue weighted by Gasteiger charge is 2.32. The lowest BCUT2D eigenvalue weighted by Crippen LogP contribution is -2.59. The van der Waals surface area contributed by atoms with Crippen LogP contribution in [0.1, 0.15) is 50.7 Å². The van der Waals surface area contributed by atoms with Gasteiger partial charge < -0.3 is 19.9 Å². The second-order valence-corrected chi connectivity index (χ2v) is 10.4. The summed E-state index contributed by atoms with van der Waals surface area (Å²) in [6.07, 6.45) is 3.76. The number of hydrogen-bond donors (Lipinski definition) is 1. The molecule has 1 saturated heterocycles. The Morgan fingerprint density at radius 1 is 1.03 bits per heavy atom. The number of rotatable bonds is 7. The molecule has 2 aromatic carbocycles. The summed E-state index contributed by atoms with van der Waals surface area (Å²) >= 11 is 0. The molecule has 1 aliphatic carbocycles. The van der Waals surface area contributed by atoms with Gasteiger partial charge in [-0.1, -0.05) is 17.7 Å². The molecule has 0 aromatic heterocycles. The predicted octanol–water partition coefficient (Wildman–Crippen LogP) is 5.08. The fourth-order valence-electron chi connectivity index (χ4n) is 5.40. The first-order chi connectivity index (χ1) is 17.2. The highest BCUT2D eigenvalue weighted by Crippen LogP contribution is 2.28. The van der Waals surface area contributed by atoms with Crippen LogP contribution in [0.15, 0.2) is 42.5 Å². The van der Waals surface area contributed by atoms with Gasteiger partial charge in [0.05, 0.1) is 11.0 Å². The molecule has 1 saturated carbocycles. The van der Waals surface area contributed by atoms with Crippen LogP contribution < -0.4 is 10.2 Å². The van der Waals surface area contributed by atoms with E-state index in [1.54, 1.807) is 19.1 Å². The van der Waals surface area contributed by atoms with Crippen molar-refractivity contribution in [2.45, 2.75) is 77.6 Å². The number of nitrogens with one attached hydrogen (secondary N) is 1. The number of amides is 1. The molecule has 2 fully saturated rings. The Kier molecular flexibility index (Phi) is 8.14. The lowest BCUT2D eigenvalue weighted by atomic mass is 9.92. The van der Waals surface area contributed by atoms with Gasteiger partial charge in [0.1, 0.15) is 6.61 Å². The summed E-state index contributed by atoms with van der Waals surface area (Å²) in [5, 5.41) is 14.5. The second kappa shape index (κ2) is 11.3. The van der Waals surface area contributed by atoms with Gasteiger partial charge in [0, 0.05) is 54.2 Å². The van der Waals surface area contributed by atoms with E-state index in [9.17, 15) is 14.9 Å². The van der Waals surface area contributed by atoms with Gasteiger partial charge in [-0.05, 0) is 77.6 Å². The van der Waals surface area contributed by atoms with Crippen LogP contribution in [-0.2, 0) is 9.53 Å². The maximum Gasteiger partial charge on any atom is 0.272 e. The third kappa shape index (κ3) is 6.16. The van der Waals surface area contributed by atoms with Crippen molar-refractivity contribution in [1.82, 2.24) is 4.90 Å². The van der Waals surface area contributed by atoms with E-state index in [1.165, 1.54) is 11.3 Å². The van der Waals surface area contributed by atoms with Gasteiger partial charge in [-0.2, -0.15) is 0 Å². The number of hydrogen-bond acceptors (Lipinski definition) is 6. The highest BCUT2D eigenvalue weighted by molar-refractivity contribution is 5.78. The molecule has 0 unspecified atom stereocenters. The van der Waals surface area contributed by atoms with E-state index in [-0.39, 0.29) is 41.3 Å². The Balaban J connectivity index is 1.22. The summed E-state index contributed by atoms with van der Waals surface area (Å²) in [4.78, 5) is 28.1. The summed E-state index contributed by atoms with van der Waals surface area (Å²) in [7, 11) is 0. The summed E-state index contributed by atoms with van der Waals surface area (Å²) in [5.74, 6) is 0.0690. The van der Waals surface area contributed by atoms with Crippen LogP contribution in [0.5, 0.6) is 0 Å². The number of nitrogens with zero attached hydrogens (tertiary/aromatic N) is 3. The van der Waals surface area contributed by atoms with Crippen LogP contribution in [-0.4, -0.2) is 59.7 Å². The van der Waals surface area contributed by atoms with Crippen molar-refractivity contribution in [3.8, 4) is 0 Å². The zero-order chi connectivity index (χ0) is 25.8. The third-order valence-electron chi connectivity index (χ3n) is 7.55. The molecule has 4 rings (SSSR count). The number of benzene rings is 2. The monoisotopic (exact) mass is 494 g/mol.